The number of aliphatic hydroxyl groups is 3. The van der Waals surface area contributed by atoms with Crippen molar-refractivity contribution in [2.75, 3.05) is 6.61 Å². The van der Waals surface area contributed by atoms with Crippen molar-refractivity contribution >= 4 is 6.16 Å². The molecule has 0 amide bonds. The topological polar surface area (TPSA) is 115 Å². The number of rotatable bonds is 1. The van der Waals surface area contributed by atoms with Crippen molar-refractivity contribution in [3.63, 3.8) is 0 Å². The first-order valence-corrected chi connectivity index (χ1v) is 11.7. The Balaban J connectivity index is 1.84. The third-order valence-electron chi connectivity index (χ3n) is 9.32. The lowest BCUT2D eigenvalue weighted by atomic mass is 9.46. The Kier molecular flexibility index (Phi) is 4.57. The van der Waals surface area contributed by atoms with Crippen LogP contribution >= 0.6 is 0 Å². The summed E-state index contributed by atoms with van der Waals surface area (Å²) in [4.78, 5) is 12.7. The van der Waals surface area contributed by atoms with E-state index in [0.29, 0.717) is 19.3 Å². The van der Waals surface area contributed by atoms with Gasteiger partial charge >= 0.3 is 6.16 Å². The maximum Gasteiger partial charge on any atom is 0.509 e. The van der Waals surface area contributed by atoms with E-state index in [9.17, 15) is 20.1 Å². The van der Waals surface area contributed by atoms with Crippen LogP contribution in [0.3, 0.4) is 0 Å². The van der Waals surface area contributed by atoms with E-state index in [2.05, 4.69) is 0 Å². The van der Waals surface area contributed by atoms with Gasteiger partial charge in [0.2, 0.25) is 0 Å². The molecule has 8 atom stereocenters. The second-order valence-corrected chi connectivity index (χ2v) is 11.8. The third kappa shape index (κ3) is 2.59. The minimum Gasteiger partial charge on any atom is -0.426 e. The number of ether oxygens (including phenoxy) is 4. The lowest BCUT2D eigenvalue weighted by Gasteiger charge is -2.62. The van der Waals surface area contributed by atoms with Crippen LogP contribution in [-0.2, 0) is 18.9 Å². The van der Waals surface area contributed by atoms with Crippen molar-refractivity contribution in [3.05, 3.63) is 11.1 Å². The van der Waals surface area contributed by atoms with Crippen molar-refractivity contribution in [1.82, 2.24) is 0 Å². The molecule has 4 fully saturated rings. The smallest absolute Gasteiger partial charge is 0.426 e. The summed E-state index contributed by atoms with van der Waals surface area (Å²) in [7, 11) is 0. The van der Waals surface area contributed by atoms with Gasteiger partial charge < -0.3 is 34.3 Å². The van der Waals surface area contributed by atoms with Crippen LogP contribution in [0, 0.1) is 16.7 Å². The predicted octanol–water partition coefficient (Wildman–Crippen LogP) is 2.43. The van der Waals surface area contributed by atoms with Crippen LogP contribution in [0.4, 0.5) is 4.79 Å². The van der Waals surface area contributed by atoms with Crippen molar-refractivity contribution < 1.29 is 39.1 Å². The number of carbonyl (C=O) groups excluding carboxylic acids is 1. The highest BCUT2D eigenvalue weighted by Crippen LogP contribution is 2.66. The van der Waals surface area contributed by atoms with E-state index in [-0.39, 0.29) is 6.42 Å². The first-order chi connectivity index (χ1) is 14.7. The highest BCUT2D eigenvalue weighted by Gasteiger charge is 2.76. The lowest BCUT2D eigenvalue weighted by Crippen LogP contribution is -2.72. The van der Waals surface area contributed by atoms with Crippen LogP contribution < -0.4 is 0 Å². The molecule has 0 unspecified atom stereocenters. The van der Waals surface area contributed by atoms with Crippen molar-refractivity contribution in [3.8, 4) is 0 Å². The van der Waals surface area contributed by atoms with Crippen LogP contribution in [0.1, 0.15) is 67.2 Å². The van der Waals surface area contributed by atoms with Gasteiger partial charge in [0.1, 0.15) is 6.10 Å². The lowest BCUT2D eigenvalue weighted by molar-refractivity contribution is -0.238. The Bertz CT molecular complexity index is 879. The van der Waals surface area contributed by atoms with Gasteiger partial charge in [-0.05, 0) is 51.2 Å². The Morgan fingerprint density at radius 1 is 1.06 bits per heavy atom. The van der Waals surface area contributed by atoms with Crippen LogP contribution in [0.15, 0.2) is 11.1 Å². The first kappa shape index (κ1) is 22.6. The molecule has 32 heavy (non-hydrogen) atoms. The molecule has 3 aliphatic carbocycles. The molecule has 8 nitrogen and oxygen atoms in total. The summed E-state index contributed by atoms with van der Waals surface area (Å²) in [6.07, 6.45) is -1.57. The van der Waals surface area contributed by atoms with Gasteiger partial charge in [-0.2, -0.15) is 0 Å². The molecule has 180 valence electrons. The number of fused-ring (bicyclic) bond motifs is 6. The van der Waals surface area contributed by atoms with Gasteiger partial charge in [-0.15, -0.1) is 0 Å². The number of aliphatic hydroxyl groups excluding tert-OH is 2. The predicted molar refractivity (Wildman–Crippen MR) is 112 cm³/mol. The van der Waals surface area contributed by atoms with Crippen LogP contribution in [0.25, 0.3) is 0 Å². The molecule has 0 aromatic heterocycles. The van der Waals surface area contributed by atoms with E-state index in [1.54, 1.807) is 0 Å². The van der Waals surface area contributed by atoms with E-state index >= 15 is 0 Å². The quantitative estimate of drug-likeness (QED) is 0.411. The fourth-order valence-corrected chi connectivity index (χ4v) is 7.86. The maximum absolute atomic E-state index is 12.7. The van der Waals surface area contributed by atoms with Crippen LogP contribution in [0.5, 0.6) is 0 Å². The summed E-state index contributed by atoms with van der Waals surface area (Å²) in [6, 6.07) is 0. The largest absolute Gasteiger partial charge is 0.509 e. The van der Waals surface area contributed by atoms with Crippen LogP contribution in [0.2, 0.25) is 0 Å². The van der Waals surface area contributed by atoms with Gasteiger partial charge in [-0.3, -0.25) is 0 Å². The van der Waals surface area contributed by atoms with E-state index in [4.69, 9.17) is 18.9 Å². The summed E-state index contributed by atoms with van der Waals surface area (Å²) < 4.78 is 24.9. The van der Waals surface area contributed by atoms with Crippen molar-refractivity contribution in [2.24, 2.45) is 16.7 Å². The van der Waals surface area contributed by atoms with E-state index in [1.807, 2.05) is 41.5 Å². The molecule has 2 saturated heterocycles. The molecule has 0 radical (unpaired) electrons. The van der Waals surface area contributed by atoms with Gasteiger partial charge in [-0.1, -0.05) is 20.8 Å². The molecule has 3 N–H and O–H groups in total. The minimum atomic E-state index is -1.49. The maximum atomic E-state index is 12.7. The fourth-order valence-electron chi connectivity index (χ4n) is 7.86. The highest BCUT2D eigenvalue weighted by atomic mass is 16.8. The second-order valence-electron chi connectivity index (χ2n) is 11.8. The van der Waals surface area contributed by atoms with E-state index in [1.165, 1.54) is 0 Å². The summed E-state index contributed by atoms with van der Waals surface area (Å²) in [6.45, 7) is 11.2. The molecular weight excluding hydrogens is 416 g/mol. The normalized spacial score (nSPS) is 51.0. The van der Waals surface area contributed by atoms with Gasteiger partial charge in [0.05, 0.1) is 24.4 Å². The van der Waals surface area contributed by atoms with E-state index < -0.39 is 70.9 Å². The molecular formula is C24H36O8. The zero-order chi connectivity index (χ0) is 23.5. The molecule has 5 rings (SSSR count). The Morgan fingerprint density at radius 2 is 1.75 bits per heavy atom. The fraction of sp³-hybridized carbons (Fsp3) is 0.875. The molecule has 2 aliphatic heterocycles. The molecule has 2 saturated carbocycles. The molecule has 8 heteroatoms. The Labute approximate surface area is 188 Å². The molecule has 1 spiro atoms. The molecule has 0 aromatic carbocycles. The summed E-state index contributed by atoms with van der Waals surface area (Å²) in [5.41, 5.74) is -2.49. The van der Waals surface area contributed by atoms with Crippen molar-refractivity contribution in [1.29, 1.82) is 0 Å². The number of hydrogen-bond donors (Lipinski definition) is 3. The van der Waals surface area contributed by atoms with Gasteiger partial charge in [0, 0.05) is 23.2 Å². The minimum absolute atomic E-state index is 0.154. The van der Waals surface area contributed by atoms with Crippen LogP contribution in [-0.4, -0.2) is 69.5 Å². The van der Waals surface area contributed by atoms with Gasteiger partial charge in [0.25, 0.3) is 0 Å². The highest BCUT2D eigenvalue weighted by molar-refractivity contribution is 5.65. The molecule has 0 aromatic rings. The van der Waals surface area contributed by atoms with Gasteiger partial charge in [0.15, 0.2) is 17.5 Å². The average Bonchev–Trinajstić information content (AvgIpc) is 3.17. The average molecular weight is 453 g/mol. The zero-order valence-electron chi connectivity index (χ0n) is 19.8. The molecule has 5 aliphatic rings. The molecule has 2 heterocycles. The zero-order valence-corrected chi connectivity index (χ0v) is 19.8. The van der Waals surface area contributed by atoms with E-state index in [0.717, 1.165) is 11.1 Å². The summed E-state index contributed by atoms with van der Waals surface area (Å²) in [5.74, 6) is -1.55. The first-order valence-electron chi connectivity index (χ1n) is 11.7. The monoisotopic (exact) mass is 452 g/mol. The Hall–Kier alpha value is -1.19. The standard InChI is InChI=1S/C24H36O8/c1-12-13(26)10-24-18(29-19(27)32-24)16-22(6,8-7-9-23(16,28)11-25)17-15(14(12)20(24,2)3)30-21(4,5)31-17/h13,15-18,25-26,28H,7-11H2,1-6H3/t13-,15-,16+,17+,18+,22-,23-,24-/m1/s1. The number of hydrogen-bond acceptors (Lipinski definition) is 8. The SMILES string of the molecule is CC1=C2[C@H]3OC(C)(C)O[C@@H]3[C@]3(C)CCC[C@@](O)(CO)[C@H]3[C@@H]3OC(=O)O[C@@]3(C[C@H]1O)C2(C)C. The Morgan fingerprint density at radius 3 is 2.41 bits per heavy atom. The molecule has 2 bridgehead atoms. The second kappa shape index (κ2) is 6.48. The summed E-state index contributed by atoms with van der Waals surface area (Å²) >= 11 is 0. The van der Waals surface area contributed by atoms with Crippen molar-refractivity contribution in [2.45, 2.75) is 109 Å². The number of carbonyl (C=O) groups is 1. The summed E-state index contributed by atoms with van der Waals surface area (Å²) in [5, 5.41) is 33.3. The third-order valence-corrected chi connectivity index (χ3v) is 9.32. The van der Waals surface area contributed by atoms with Gasteiger partial charge in [-0.25, -0.2) is 4.79 Å².